The largest absolute Gasteiger partial charge is 0.398 e. The van der Waals surface area contributed by atoms with E-state index in [1.807, 2.05) is 25.6 Å². The second kappa shape index (κ2) is 5.63. The summed E-state index contributed by atoms with van der Waals surface area (Å²) in [5.74, 6) is 0. The van der Waals surface area contributed by atoms with Crippen molar-refractivity contribution in [1.29, 1.82) is 0 Å². The monoisotopic (exact) mass is 364 g/mol. The van der Waals surface area contributed by atoms with Gasteiger partial charge in [-0.2, -0.15) is 16.1 Å². The van der Waals surface area contributed by atoms with E-state index >= 15 is 0 Å². The van der Waals surface area contributed by atoms with Crippen LogP contribution in [0.15, 0.2) is 27.6 Å². The van der Waals surface area contributed by atoms with Crippen molar-refractivity contribution >= 4 is 43.4 Å². The van der Waals surface area contributed by atoms with Crippen molar-refractivity contribution < 1.29 is 8.42 Å². The summed E-state index contributed by atoms with van der Waals surface area (Å²) in [6.45, 7) is 5.17. The molecule has 2 atom stereocenters. The first-order chi connectivity index (χ1) is 8.80. The molecule has 7 heteroatoms. The van der Waals surface area contributed by atoms with Crippen LogP contribution in [0.25, 0.3) is 0 Å². The number of hydrogen-bond donors (Lipinski definition) is 1. The number of thioether (sulfide) groups is 1. The number of benzene rings is 1. The van der Waals surface area contributed by atoms with Gasteiger partial charge in [0.1, 0.15) is 4.90 Å². The maximum Gasteiger partial charge on any atom is 0.245 e. The highest BCUT2D eigenvalue weighted by atomic mass is 79.9. The first kappa shape index (κ1) is 15.2. The highest BCUT2D eigenvalue weighted by molar-refractivity contribution is 9.10. The number of sulfonamides is 1. The maximum absolute atomic E-state index is 12.6. The molecule has 1 aliphatic heterocycles. The standard InChI is InChI=1S/C12H17BrN2O2S2/c1-8-6-15(7-9(2)18-8)19(16,17)12-4-3-10(13)5-11(12)14/h3-5,8-9H,6-7,14H2,1-2H3. The predicted molar refractivity (Wildman–Crippen MR) is 83.8 cm³/mol. The second-order valence-electron chi connectivity index (χ2n) is 4.76. The lowest BCUT2D eigenvalue weighted by atomic mass is 10.3. The molecule has 106 valence electrons. The summed E-state index contributed by atoms with van der Waals surface area (Å²) in [6, 6.07) is 4.89. The van der Waals surface area contributed by atoms with Crippen LogP contribution in [-0.2, 0) is 10.0 Å². The molecule has 0 amide bonds. The minimum atomic E-state index is -3.50. The van der Waals surface area contributed by atoms with E-state index in [4.69, 9.17) is 5.73 Å². The second-order valence-corrected chi connectivity index (χ2v) is 9.47. The molecule has 0 bridgehead atoms. The van der Waals surface area contributed by atoms with Gasteiger partial charge in [-0.05, 0) is 18.2 Å². The third-order valence-corrected chi connectivity index (χ3v) is 6.60. The summed E-state index contributed by atoms with van der Waals surface area (Å²) in [4.78, 5) is 0.196. The lowest BCUT2D eigenvalue weighted by molar-refractivity contribution is 0.405. The Morgan fingerprint density at radius 3 is 2.42 bits per heavy atom. The van der Waals surface area contributed by atoms with Crippen LogP contribution in [0.1, 0.15) is 13.8 Å². The lowest BCUT2D eigenvalue weighted by Gasteiger charge is -2.33. The Hall–Kier alpha value is -0.240. The van der Waals surface area contributed by atoms with E-state index in [0.717, 1.165) is 4.47 Å². The normalized spacial score (nSPS) is 25.4. The van der Waals surface area contributed by atoms with E-state index in [1.165, 1.54) is 0 Å². The average molecular weight is 365 g/mol. The van der Waals surface area contributed by atoms with Crippen LogP contribution < -0.4 is 5.73 Å². The van der Waals surface area contributed by atoms with Gasteiger partial charge in [0.25, 0.3) is 0 Å². The van der Waals surface area contributed by atoms with E-state index in [0.29, 0.717) is 23.6 Å². The van der Waals surface area contributed by atoms with Gasteiger partial charge in [-0.1, -0.05) is 29.8 Å². The van der Waals surface area contributed by atoms with Gasteiger partial charge in [0.2, 0.25) is 10.0 Å². The van der Waals surface area contributed by atoms with Gasteiger partial charge in [-0.25, -0.2) is 8.42 Å². The Morgan fingerprint density at radius 2 is 1.89 bits per heavy atom. The molecular formula is C12H17BrN2O2S2. The van der Waals surface area contributed by atoms with Crippen molar-refractivity contribution in [1.82, 2.24) is 4.31 Å². The molecule has 0 saturated carbocycles. The van der Waals surface area contributed by atoms with Gasteiger partial charge in [0.15, 0.2) is 0 Å². The fourth-order valence-corrected chi connectivity index (χ4v) is 5.83. The number of halogens is 1. The molecule has 1 aromatic rings. The van der Waals surface area contributed by atoms with Gasteiger partial charge < -0.3 is 5.73 Å². The van der Waals surface area contributed by atoms with Crippen molar-refractivity contribution in [2.75, 3.05) is 18.8 Å². The Bertz CT molecular complexity index is 567. The first-order valence-corrected chi connectivity index (χ1v) is 9.19. The van der Waals surface area contributed by atoms with Crippen molar-refractivity contribution in [2.45, 2.75) is 29.2 Å². The third-order valence-electron chi connectivity index (χ3n) is 2.98. The van der Waals surface area contributed by atoms with E-state index in [9.17, 15) is 8.42 Å². The Balaban J connectivity index is 2.36. The summed E-state index contributed by atoms with van der Waals surface area (Å²) in [5.41, 5.74) is 6.13. The maximum atomic E-state index is 12.6. The molecule has 1 aromatic carbocycles. The zero-order chi connectivity index (χ0) is 14.2. The van der Waals surface area contributed by atoms with Crippen molar-refractivity contribution in [3.05, 3.63) is 22.7 Å². The number of anilines is 1. The summed E-state index contributed by atoms with van der Waals surface area (Å²) >= 11 is 5.10. The topological polar surface area (TPSA) is 63.4 Å². The fraction of sp³-hybridized carbons (Fsp3) is 0.500. The molecule has 1 saturated heterocycles. The van der Waals surface area contributed by atoms with Crippen molar-refractivity contribution in [3.63, 3.8) is 0 Å². The highest BCUT2D eigenvalue weighted by Gasteiger charge is 2.33. The molecule has 1 aliphatic rings. The molecule has 19 heavy (non-hydrogen) atoms. The smallest absolute Gasteiger partial charge is 0.245 e. The molecule has 2 rings (SSSR count). The van der Waals surface area contributed by atoms with Gasteiger partial charge in [0.05, 0.1) is 5.69 Å². The predicted octanol–water partition coefficient (Wildman–Crippen LogP) is 2.55. The summed E-state index contributed by atoms with van der Waals surface area (Å²) in [6.07, 6.45) is 0. The van der Waals surface area contributed by atoms with Crippen LogP contribution in [0.4, 0.5) is 5.69 Å². The minimum Gasteiger partial charge on any atom is -0.398 e. The number of nitrogens with two attached hydrogens (primary N) is 1. The van der Waals surface area contributed by atoms with Crippen LogP contribution in [0.2, 0.25) is 0 Å². The van der Waals surface area contributed by atoms with Crippen molar-refractivity contribution in [3.8, 4) is 0 Å². The van der Waals surface area contributed by atoms with Crippen LogP contribution in [0.3, 0.4) is 0 Å². The van der Waals surface area contributed by atoms with E-state index in [2.05, 4.69) is 15.9 Å². The molecule has 1 heterocycles. The molecular weight excluding hydrogens is 348 g/mol. The van der Waals surface area contributed by atoms with E-state index in [1.54, 1.807) is 22.5 Å². The van der Waals surface area contributed by atoms with Gasteiger partial charge in [0, 0.05) is 28.1 Å². The van der Waals surface area contributed by atoms with Crippen LogP contribution in [-0.4, -0.2) is 36.3 Å². The Labute approximate surface area is 126 Å². The fourth-order valence-electron chi connectivity index (χ4n) is 2.22. The van der Waals surface area contributed by atoms with E-state index < -0.39 is 10.0 Å². The molecule has 4 nitrogen and oxygen atoms in total. The lowest BCUT2D eigenvalue weighted by Crippen LogP contribution is -2.44. The SMILES string of the molecule is CC1CN(S(=O)(=O)c2ccc(Br)cc2N)CC(C)S1. The summed E-state index contributed by atoms with van der Waals surface area (Å²) < 4.78 is 27.6. The van der Waals surface area contributed by atoms with Gasteiger partial charge >= 0.3 is 0 Å². The van der Waals surface area contributed by atoms with E-state index in [-0.39, 0.29) is 10.6 Å². The molecule has 0 spiro atoms. The quantitative estimate of drug-likeness (QED) is 0.819. The molecule has 2 N–H and O–H groups in total. The molecule has 0 aromatic heterocycles. The number of rotatable bonds is 2. The Morgan fingerprint density at radius 1 is 1.32 bits per heavy atom. The van der Waals surface area contributed by atoms with Crippen LogP contribution >= 0.6 is 27.7 Å². The van der Waals surface area contributed by atoms with Crippen molar-refractivity contribution in [2.24, 2.45) is 0 Å². The highest BCUT2D eigenvalue weighted by Crippen LogP contribution is 2.31. The van der Waals surface area contributed by atoms with Crippen LogP contribution in [0.5, 0.6) is 0 Å². The summed E-state index contributed by atoms with van der Waals surface area (Å²) in [5, 5.41) is 0.602. The number of hydrogen-bond acceptors (Lipinski definition) is 4. The van der Waals surface area contributed by atoms with Crippen LogP contribution in [0, 0.1) is 0 Å². The Kier molecular flexibility index (Phi) is 4.49. The zero-order valence-electron chi connectivity index (χ0n) is 10.8. The molecule has 0 aliphatic carbocycles. The van der Waals surface area contributed by atoms with Gasteiger partial charge in [-0.3, -0.25) is 0 Å². The first-order valence-electron chi connectivity index (χ1n) is 6.01. The molecule has 2 unspecified atom stereocenters. The van der Waals surface area contributed by atoms with Gasteiger partial charge in [-0.15, -0.1) is 0 Å². The zero-order valence-corrected chi connectivity index (χ0v) is 14.1. The average Bonchev–Trinajstić information content (AvgIpc) is 2.26. The molecule has 1 fully saturated rings. The number of nitrogen functional groups attached to an aromatic ring is 1. The third kappa shape index (κ3) is 3.26. The molecule has 0 radical (unpaired) electrons. The number of nitrogens with zero attached hydrogens (tertiary/aromatic N) is 1. The summed E-state index contributed by atoms with van der Waals surface area (Å²) in [7, 11) is -3.50. The minimum absolute atomic E-state index is 0.196.